The number of nitrogens with zero attached hydrogens (tertiary/aromatic N) is 1. The summed E-state index contributed by atoms with van der Waals surface area (Å²) in [5.41, 5.74) is 4.84. The van der Waals surface area contributed by atoms with E-state index in [2.05, 4.69) is 0 Å². The van der Waals surface area contributed by atoms with Crippen LogP contribution in [0.5, 0.6) is 0 Å². The second-order valence-corrected chi connectivity index (χ2v) is 4.21. The molecule has 3 amide bonds. The summed E-state index contributed by atoms with van der Waals surface area (Å²) in [6, 6.07) is -0.846. The van der Waals surface area contributed by atoms with Gasteiger partial charge in [-0.05, 0) is 32.9 Å². The largest absolute Gasteiger partial charge is 0.466 e. The molecule has 1 heterocycles. The molecular weight excluding hydrogens is 238 g/mol. The van der Waals surface area contributed by atoms with E-state index in [1.54, 1.807) is 6.92 Å². The zero-order valence-electron chi connectivity index (χ0n) is 10.5. The van der Waals surface area contributed by atoms with Crippen LogP contribution >= 0.6 is 0 Å². The number of piperidine rings is 1. The average molecular weight is 257 g/mol. The molecule has 0 aromatic heterocycles. The predicted molar refractivity (Wildman–Crippen MR) is 63.5 cm³/mol. The number of amides is 3. The second kappa shape index (κ2) is 6.95. The fraction of sp³-hybridized carbons (Fsp3) is 0.727. The highest BCUT2D eigenvalue weighted by Crippen LogP contribution is 2.18. The van der Waals surface area contributed by atoms with E-state index in [0.29, 0.717) is 32.5 Å². The van der Waals surface area contributed by atoms with Gasteiger partial charge in [0.15, 0.2) is 0 Å². The number of carbonyl (C=O) groups excluding carboxylic acids is 3. The quantitative estimate of drug-likeness (QED) is 0.658. The van der Waals surface area contributed by atoms with E-state index in [1.165, 1.54) is 0 Å². The zero-order valence-corrected chi connectivity index (χ0v) is 10.5. The lowest BCUT2D eigenvalue weighted by Gasteiger charge is -2.29. The average Bonchev–Trinajstić information content (AvgIpc) is 2.29. The molecule has 18 heavy (non-hydrogen) atoms. The van der Waals surface area contributed by atoms with E-state index in [9.17, 15) is 14.4 Å². The van der Waals surface area contributed by atoms with Gasteiger partial charge < -0.3 is 10.5 Å². The summed E-state index contributed by atoms with van der Waals surface area (Å²) in [4.78, 5) is 35.1. The molecule has 1 saturated heterocycles. The highest BCUT2D eigenvalue weighted by Gasteiger charge is 2.26. The third kappa shape index (κ3) is 4.70. The van der Waals surface area contributed by atoms with Crippen LogP contribution in [0.4, 0.5) is 4.79 Å². The van der Waals surface area contributed by atoms with Crippen molar-refractivity contribution in [2.24, 2.45) is 11.7 Å². The van der Waals surface area contributed by atoms with Crippen molar-refractivity contribution in [2.45, 2.75) is 19.8 Å². The Morgan fingerprint density at radius 3 is 2.44 bits per heavy atom. The molecule has 1 aliphatic heterocycles. The van der Waals surface area contributed by atoms with E-state index in [0.717, 1.165) is 0 Å². The van der Waals surface area contributed by atoms with Crippen LogP contribution in [-0.4, -0.2) is 49.0 Å². The molecule has 0 unspecified atom stereocenters. The lowest BCUT2D eigenvalue weighted by Crippen LogP contribution is -2.45. The fourth-order valence-electron chi connectivity index (χ4n) is 1.97. The number of esters is 1. The predicted octanol–water partition coefficient (Wildman–Crippen LogP) is -0.544. The van der Waals surface area contributed by atoms with E-state index < -0.39 is 11.9 Å². The lowest BCUT2D eigenvalue weighted by atomic mass is 9.97. The number of likely N-dealkylation sites (tertiary alicyclic amines) is 1. The number of primary amides is 1. The highest BCUT2D eigenvalue weighted by atomic mass is 16.5. The van der Waals surface area contributed by atoms with Crippen LogP contribution in [0.1, 0.15) is 19.8 Å². The number of ether oxygens (including phenoxy) is 1. The summed E-state index contributed by atoms with van der Waals surface area (Å²) in [5, 5.41) is 2.01. The standard InChI is InChI=1S/C11H19N3O4/c1-2-18-10(16)8-3-5-14(6-4-8)7-9(15)13-11(12)17/h8H,2-7H2,1H3,(H3,12,13,15,17). The lowest BCUT2D eigenvalue weighted by molar-refractivity contribution is -0.149. The molecule has 0 saturated carbocycles. The minimum Gasteiger partial charge on any atom is -0.466 e. The van der Waals surface area contributed by atoms with Gasteiger partial charge in [-0.3, -0.25) is 19.8 Å². The van der Waals surface area contributed by atoms with Crippen LogP contribution < -0.4 is 11.1 Å². The summed E-state index contributed by atoms with van der Waals surface area (Å²) in [5.74, 6) is -0.670. The number of hydrogen-bond acceptors (Lipinski definition) is 5. The van der Waals surface area contributed by atoms with Crippen molar-refractivity contribution in [1.82, 2.24) is 10.2 Å². The van der Waals surface area contributed by atoms with Crippen molar-refractivity contribution in [2.75, 3.05) is 26.2 Å². The van der Waals surface area contributed by atoms with E-state index in [4.69, 9.17) is 10.5 Å². The molecule has 0 aliphatic carbocycles. The Bertz CT molecular complexity index is 324. The molecule has 7 heteroatoms. The van der Waals surface area contributed by atoms with Gasteiger partial charge in [0.25, 0.3) is 0 Å². The van der Waals surface area contributed by atoms with E-state index in [1.807, 2.05) is 10.2 Å². The number of rotatable bonds is 4. The maximum Gasteiger partial charge on any atom is 0.318 e. The van der Waals surface area contributed by atoms with Crippen molar-refractivity contribution < 1.29 is 19.1 Å². The minimum atomic E-state index is -0.846. The molecule has 1 rings (SSSR count). The molecule has 102 valence electrons. The van der Waals surface area contributed by atoms with Crippen LogP contribution in [-0.2, 0) is 14.3 Å². The number of imide groups is 1. The van der Waals surface area contributed by atoms with Gasteiger partial charge in [0.2, 0.25) is 5.91 Å². The minimum absolute atomic E-state index is 0.0830. The molecule has 0 radical (unpaired) electrons. The molecule has 1 fully saturated rings. The molecule has 7 nitrogen and oxygen atoms in total. The van der Waals surface area contributed by atoms with Crippen molar-refractivity contribution in [3.63, 3.8) is 0 Å². The number of nitrogens with two attached hydrogens (primary N) is 1. The van der Waals surface area contributed by atoms with Gasteiger partial charge in [-0.25, -0.2) is 4.79 Å². The Morgan fingerprint density at radius 2 is 1.94 bits per heavy atom. The fourth-order valence-corrected chi connectivity index (χ4v) is 1.97. The van der Waals surface area contributed by atoms with Gasteiger partial charge in [-0.1, -0.05) is 0 Å². The first kappa shape index (κ1) is 14.4. The molecular formula is C11H19N3O4. The molecule has 1 aliphatic rings. The first-order chi connectivity index (χ1) is 8.52. The third-order valence-corrected chi connectivity index (χ3v) is 2.84. The number of nitrogens with one attached hydrogen (secondary N) is 1. The Morgan fingerprint density at radius 1 is 1.33 bits per heavy atom. The Kier molecular flexibility index (Phi) is 5.57. The van der Waals surface area contributed by atoms with Crippen molar-refractivity contribution in [3.05, 3.63) is 0 Å². The van der Waals surface area contributed by atoms with Crippen LogP contribution in [0.2, 0.25) is 0 Å². The summed E-state index contributed by atoms with van der Waals surface area (Å²) < 4.78 is 4.95. The molecule has 0 bridgehead atoms. The highest BCUT2D eigenvalue weighted by molar-refractivity contribution is 5.94. The summed E-state index contributed by atoms with van der Waals surface area (Å²) in [6.45, 7) is 3.56. The molecule has 0 aromatic rings. The number of urea groups is 1. The second-order valence-electron chi connectivity index (χ2n) is 4.21. The van der Waals surface area contributed by atoms with Gasteiger partial charge in [-0.2, -0.15) is 0 Å². The van der Waals surface area contributed by atoms with Crippen molar-refractivity contribution in [3.8, 4) is 0 Å². The van der Waals surface area contributed by atoms with Crippen LogP contribution in [0.25, 0.3) is 0 Å². The summed E-state index contributed by atoms with van der Waals surface area (Å²) in [6.07, 6.45) is 1.34. The normalized spacial score (nSPS) is 17.2. The molecule has 3 N–H and O–H groups in total. The van der Waals surface area contributed by atoms with Crippen LogP contribution in [0.15, 0.2) is 0 Å². The van der Waals surface area contributed by atoms with E-state index >= 15 is 0 Å². The molecule has 0 atom stereocenters. The maximum absolute atomic E-state index is 11.5. The molecule has 0 aromatic carbocycles. The van der Waals surface area contributed by atoms with Gasteiger partial charge in [0, 0.05) is 0 Å². The summed E-state index contributed by atoms with van der Waals surface area (Å²) >= 11 is 0. The summed E-state index contributed by atoms with van der Waals surface area (Å²) in [7, 11) is 0. The Balaban J connectivity index is 2.29. The van der Waals surface area contributed by atoms with Crippen molar-refractivity contribution >= 4 is 17.9 Å². The monoisotopic (exact) mass is 257 g/mol. The van der Waals surface area contributed by atoms with Gasteiger partial charge in [0.1, 0.15) is 0 Å². The first-order valence-electron chi connectivity index (χ1n) is 6.01. The van der Waals surface area contributed by atoms with E-state index in [-0.39, 0.29) is 18.4 Å². The van der Waals surface area contributed by atoms with Crippen molar-refractivity contribution in [1.29, 1.82) is 0 Å². The zero-order chi connectivity index (χ0) is 13.5. The topological polar surface area (TPSA) is 102 Å². The third-order valence-electron chi connectivity index (χ3n) is 2.84. The SMILES string of the molecule is CCOC(=O)C1CCN(CC(=O)NC(N)=O)CC1. The van der Waals surface area contributed by atoms with Gasteiger partial charge in [0.05, 0.1) is 19.1 Å². The smallest absolute Gasteiger partial charge is 0.318 e. The Labute approximate surface area is 106 Å². The Hall–Kier alpha value is -1.63. The maximum atomic E-state index is 11.5. The molecule has 0 spiro atoms. The first-order valence-corrected chi connectivity index (χ1v) is 6.01. The van der Waals surface area contributed by atoms with Crippen LogP contribution in [0, 0.1) is 5.92 Å². The van der Waals surface area contributed by atoms with Gasteiger partial charge >= 0.3 is 12.0 Å². The number of hydrogen-bond donors (Lipinski definition) is 2. The number of carbonyl (C=O) groups is 3. The van der Waals surface area contributed by atoms with Crippen LogP contribution in [0.3, 0.4) is 0 Å². The van der Waals surface area contributed by atoms with Gasteiger partial charge in [-0.15, -0.1) is 0 Å².